The van der Waals surface area contributed by atoms with E-state index in [4.69, 9.17) is 0 Å². The number of nitrogens with zero attached hydrogens (tertiary/aromatic N) is 4. The third-order valence-corrected chi connectivity index (χ3v) is 4.13. The summed E-state index contributed by atoms with van der Waals surface area (Å²) >= 11 is 0. The molecule has 0 amide bonds. The summed E-state index contributed by atoms with van der Waals surface area (Å²) < 4.78 is 1.99. The zero-order valence-electron chi connectivity index (χ0n) is 13.0. The quantitative estimate of drug-likeness (QED) is 0.791. The third kappa shape index (κ3) is 4.56. The molecule has 5 nitrogen and oxygen atoms in total. The molecule has 1 fully saturated rings. The molecule has 0 aliphatic carbocycles. The van der Waals surface area contributed by atoms with Crippen molar-refractivity contribution in [3.63, 3.8) is 0 Å². The van der Waals surface area contributed by atoms with Gasteiger partial charge < -0.3 is 5.32 Å². The first-order valence-corrected chi connectivity index (χ1v) is 8.17. The van der Waals surface area contributed by atoms with E-state index in [9.17, 15) is 0 Å². The Bertz CT molecular complexity index is 374. The molecule has 114 valence electrons. The van der Waals surface area contributed by atoms with Crippen molar-refractivity contribution in [3.05, 3.63) is 11.9 Å². The highest BCUT2D eigenvalue weighted by molar-refractivity contribution is 4.91. The second-order valence-electron chi connectivity index (χ2n) is 5.73. The minimum atomic E-state index is 0.790. The highest BCUT2D eigenvalue weighted by atomic mass is 15.4. The van der Waals surface area contributed by atoms with Crippen molar-refractivity contribution in [1.82, 2.24) is 25.2 Å². The maximum Gasteiger partial charge on any atom is 0.0964 e. The van der Waals surface area contributed by atoms with Crippen LogP contribution >= 0.6 is 0 Å². The Kier molecular flexibility index (Phi) is 6.47. The lowest BCUT2D eigenvalue weighted by molar-refractivity contribution is 0.132. The molecule has 1 aliphatic heterocycles. The topological polar surface area (TPSA) is 46.0 Å². The standard InChI is InChI=1S/C15H29N5/c1-3-7-15-8-5-6-9-19(15)10-11-20-13-14(17-18-20)12-16-4-2/h13,15-16H,3-12H2,1-2H3. The van der Waals surface area contributed by atoms with Gasteiger partial charge in [0.25, 0.3) is 0 Å². The fourth-order valence-electron chi connectivity index (χ4n) is 3.03. The van der Waals surface area contributed by atoms with Gasteiger partial charge >= 0.3 is 0 Å². The van der Waals surface area contributed by atoms with E-state index in [2.05, 4.69) is 40.6 Å². The van der Waals surface area contributed by atoms with Crippen LogP contribution in [0.3, 0.4) is 0 Å². The molecule has 2 rings (SSSR count). The average molecular weight is 279 g/mol. The van der Waals surface area contributed by atoms with E-state index >= 15 is 0 Å². The number of hydrogen-bond acceptors (Lipinski definition) is 4. The lowest BCUT2D eigenvalue weighted by Gasteiger charge is -2.35. The Morgan fingerprint density at radius 3 is 3.00 bits per heavy atom. The van der Waals surface area contributed by atoms with Gasteiger partial charge in [-0.1, -0.05) is 31.9 Å². The zero-order valence-corrected chi connectivity index (χ0v) is 13.0. The van der Waals surface area contributed by atoms with E-state index < -0.39 is 0 Å². The van der Waals surface area contributed by atoms with Gasteiger partial charge in [-0.3, -0.25) is 9.58 Å². The van der Waals surface area contributed by atoms with Crippen LogP contribution in [0.4, 0.5) is 0 Å². The molecule has 0 spiro atoms. The van der Waals surface area contributed by atoms with Gasteiger partial charge in [0.05, 0.1) is 12.2 Å². The molecule has 1 aromatic heterocycles. The van der Waals surface area contributed by atoms with Gasteiger partial charge in [-0.15, -0.1) is 5.10 Å². The summed E-state index contributed by atoms with van der Waals surface area (Å²) in [4.78, 5) is 2.65. The van der Waals surface area contributed by atoms with Gasteiger partial charge in [0.15, 0.2) is 0 Å². The van der Waals surface area contributed by atoms with Crippen molar-refractivity contribution >= 4 is 0 Å². The smallest absolute Gasteiger partial charge is 0.0964 e. The minimum Gasteiger partial charge on any atom is -0.311 e. The summed E-state index contributed by atoms with van der Waals surface area (Å²) in [6, 6.07) is 0.790. The van der Waals surface area contributed by atoms with Crippen LogP contribution < -0.4 is 5.32 Å². The third-order valence-electron chi connectivity index (χ3n) is 4.13. The predicted octanol–water partition coefficient (Wildman–Crippen LogP) is 2.04. The lowest BCUT2D eigenvalue weighted by Crippen LogP contribution is -2.41. The minimum absolute atomic E-state index is 0.790. The normalized spacial score (nSPS) is 20.4. The Labute approximate surface area is 122 Å². The first kappa shape index (κ1) is 15.4. The van der Waals surface area contributed by atoms with Gasteiger partial charge in [0.2, 0.25) is 0 Å². The van der Waals surface area contributed by atoms with Crippen LogP contribution in [0.1, 0.15) is 51.6 Å². The maximum absolute atomic E-state index is 4.22. The predicted molar refractivity (Wildman–Crippen MR) is 81.5 cm³/mol. The number of rotatable bonds is 8. The highest BCUT2D eigenvalue weighted by Crippen LogP contribution is 2.20. The van der Waals surface area contributed by atoms with Gasteiger partial charge in [0, 0.05) is 25.3 Å². The van der Waals surface area contributed by atoms with Gasteiger partial charge in [-0.25, -0.2) is 0 Å². The Morgan fingerprint density at radius 1 is 1.30 bits per heavy atom. The van der Waals surface area contributed by atoms with E-state index in [0.717, 1.165) is 37.9 Å². The molecule has 20 heavy (non-hydrogen) atoms. The van der Waals surface area contributed by atoms with Crippen LogP contribution in [0.5, 0.6) is 0 Å². The monoisotopic (exact) mass is 279 g/mol. The van der Waals surface area contributed by atoms with Crippen LogP contribution in [0, 0.1) is 0 Å². The molecule has 1 aromatic rings. The molecule has 1 saturated heterocycles. The first-order chi connectivity index (χ1) is 9.83. The number of nitrogens with one attached hydrogen (secondary N) is 1. The molecule has 5 heteroatoms. The summed E-state index contributed by atoms with van der Waals surface area (Å²) in [5.41, 5.74) is 1.04. The Morgan fingerprint density at radius 2 is 2.20 bits per heavy atom. The van der Waals surface area contributed by atoms with Crippen molar-refractivity contribution in [2.24, 2.45) is 0 Å². The summed E-state index contributed by atoms with van der Waals surface area (Å²) in [6.07, 6.45) is 8.82. The molecule has 1 atom stereocenters. The van der Waals surface area contributed by atoms with Crippen molar-refractivity contribution < 1.29 is 0 Å². The molecule has 1 aliphatic rings. The Hall–Kier alpha value is -0.940. The second kappa shape index (κ2) is 8.37. The largest absolute Gasteiger partial charge is 0.311 e. The van der Waals surface area contributed by atoms with Crippen LogP contribution in [0.15, 0.2) is 6.20 Å². The Balaban J connectivity index is 1.79. The molecule has 0 saturated carbocycles. The molecular weight excluding hydrogens is 250 g/mol. The molecule has 1 N–H and O–H groups in total. The van der Waals surface area contributed by atoms with E-state index in [1.807, 2.05) is 4.68 Å². The zero-order chi connectivity index (χ0) is 14.2. The van der Waals surface area contributed by atoms with Crippen LogP contribution in [-0.2, 0) is 13.1 Å². The maximum atomic E-state index is 4.22. The van der Waals surface area contributed by atoms with Crippen molar-refractivity contribution in [2.45, 2.75) is 65.1 Å². The van der Waals surface area contributed by atoms with E-state index in [1.54, 1.807) is 0 Å². The average Bonchev–Trinajstić information content (AvgIpc) is 2.92. The first-order valence-electron chi connectivity index (χ1n) is 8.17. The summed E-state index contributed by atoms with van der Waals surface area (Å²) in [7, 11) is 0. The molecule has 0 bridgehead atoms. The van der Waals surface area contributed by atoms with Gasteiger partial charge in [-0.05, 0) is 32.4 Å². The molecule has 0 radical (unpaired) electrons. The number of aromatic nitrogens is 3. The SMILES string of the molecule is CCCC1CCCCN1CCn1cc(CNCC)nn1. The summed E-state index contributed by atoms with van der Waals surface area (Å²) in [5.74, 6) is 0. The second-order valence-corrected chi connectivity index (χ2v) is 5.73. The lowest BCUT2D eigenvalue weighted by atomic mass is 9.98. The van der Waals surface area contributed by atoms with Crippen LogP contribution in [-0.4, -0.2) is 45.6 Å². The molecule has 0 aromatic carbocycles. The highest BCUT2D eigenvalue weighted by Gasteiger charge is 2.21. The van der Waals surface area contributed by atoms with E-state index in [0.29, 0.717) is 0 Å². The number of piperidine rings is 1. The van der Waals surface area contributed by atoms with Crippen molar-refractivity contribution in [1.29, 1.82) is 0 Å². The van der Waals surface area contributed by atoms with Crippen molar-refractivity contribution in [3.8, 4) is 0 Å². The van der Waals surface area contributed by atoms with Gasteiger partial charge in [-0.2, -0.15) is 0 Å². The molecular formula is C15H29N5. The molecule has 1 unspecified atom stereocenters. The fraction of sp³-hybridized carbons (Fsp3) is 0.867. The van der Waals surface area contributed by atoms with Crippen LogP contribution in [0.25, 0.3) is 0 Å². The van der Waals surface area contributed by atoms with Gasteiger partial charge in [0.1, 0.15) is 0 Å². The van der Waals surface area contributed by atoms with Crippen LogP contribution in [0.2, 0.25) is 0 Å². The van der Waals surface area contributed by atoms with Crippen molar-refractivity contribution in [2.75, 3.05) is 19.6 Å². The number of hydrogen-bond donors (Lipinski definition) is 1. The van der Waals surface area contributed by atoms with E-state index in [-0.39, 0.29) is 0 Å². The van der Waals surface area contributed by atoms with E-state index in [1.165, 1.54) is 38.6 Å². The summed E-state index contributed by atoms with van der Waals surface area (Å²) in [5, 5.41) is 11.7. The number of likely N-dealkylation sites (tertiary alicyclic amines) is 1. The summed E-state index contributed by atoms with van der Waals surface area (Å²) in [6.45, 7) is 9.50. The molecule has 2 heterocycles. The fourth-order valence-corrected chi connectivity index (χ4v) is 3.03.